The minimum Gasteiger partial charge on any atom is -0.468 e. The number of rotatable bonds is 12. The second-order valence-electron chi connectivity index (χ2n) is 12.3. The first kappa shape index (κ1) is 35.6. The van der Waals surface area contributed by atoms with Gasteiger partial charge in [-0.15, -0.1) is 0 Å². The van der Waals surface area contributed by atoms with Gasteiger partial charge >= 0.3 is 18.0 Å². The molecular formula is C34H43F2N5O6. The summed E-state index contributed by atoms with van der Waals surface area (Å²) >= 11 is 0. The van der Waals surface area contributed by atoms with Gasteiger partial charge in [0.2, 0.25) is 5.91 Å². The van der Waals surface area contributed by atoms with Crippen molar-refractivity contribution >= 4 is 35.3 Å². The fourth-order valence-electron chi connectivity index (χ4n) is 6.14. The van der Waals surface area contributed by atoms with Crippen LogP contribution in [0, 0.1) is 23.5 Å². The van der Waals surface area contributed by atoms with E-state index in [1.54, 1.807) is 0 Å². The standard InChI is InChI=1S/C34H43F2N5O6/c1-21(2)17-29(42)38-25-8-5-7-23(18-25)22-11-15-40(16-12-22)14-6-13-37-33(44)41-31(24-9-10-26(35)27(36)19-24)30(32(43)47-4)28(20-46-3)39-34(41)45/h5,7-10,18-19,21-22,30-31H,6,11-17,20H2,1-4H3,(H,37,44)(H,38,42)/t30?,31-/m0/s1. The van der Waals surface area contributed by atoms with Crippen LogP contribution in [0.5, 0.6) is 0 Å². The maximum atomic E-state index is 14.3. The molecule has 5 amide bonds. The Kier molecular flexibility index (Phi) is 12.5. The summed E-state index contributed by atoms with van der Waals surface area (Å²) < 4.78 is 38.1. The molecule has 0 bridgehead atoms. The number of nitrogens with one attached hydrogen (secondary N) is 2. The molecule has 11 nitrogen and oxygen atoms in total. The second-order valence-corrected chi connectivity index (χ2v) is 12.3. The van der Waals surface area contributed by atoms with Crippen molar-refractivity contribution in [2.75, 3.05) is 52.3 Å². The van der Waals surface area contributed by atoms with Crippen molar-refractivity contribution in [3.05, 3.63) is 65.2 Å². The summed E-state index contributed by atoms with van der Waals surface area (Å²) in [7, 11) is 2.49. The lowest BCUT2D eigenvalue weighted by Crippen LogP contribution is -2.54. The average molecular weight is 656 g/mol. The van der Waals surface area contributed by atoms with Gasteiger partial charge in [0.25, 0.3) is 0 Å². The van der Waals surface area contributed by atoms with Crippen molar-refractivity contribution in [1.29, 1.82) is 0 Å². The molecule has 254 valence electrons. The zero-order valence-electron chi connectivity index (χ0n) is 27.3. The van der Waals surface area contributed by atoms with Crippen molar-refractivity contribution in [3.63, 3.8) is 0 Å². The number of hydrogen-bond acceptors (Lipinski definition) is 7. The SMILES string of the molecule is COCC1=NC(=O)N(C(=O)NCCCN2CCC(c3cccc(NC(=O)CC(C)C)c3)CC2)[C@@H](c2ccc(F)c(F)c2)C1C(=O)OC. The van der Waals surface area contributed by atoms with E-state index >= 15 is 0 Å². The fourth-order valence-corrected chi connectivity index (χ4v) is 6.14. The van der Waals surface area contributed by atoms with E-state index in [-0.39, 0.29) is 36.3 Å². The zero-order valence-corrected chi connectivity index (χ0v) is 27.3. The van der Waals surface area contributed by atoms with Crippen LogP contribution in [-0.2, 0) is 19.1 Å². The summed E-state index contributed by atoms with van der Waals surface area (Å²) in [4.78, 5) is 58.6. The van der Waals surface area contributed by atoms with Gasteiger partial charge in [0.1, 0.15) is 5.92 Å². The van der Waals surface area contributed by atoms with Gasteiger partial charge in [-0.05, 0) is 86.1 Å². The van der Waals surface area contributed by atoms with Gasteiger partial charge in [0.15, 0.2) is 11.6 Å². The van der Waals surface area contributed by atoms with Crippen molar-refractivity contribution in [1.82, 2.24) is 15.1 Å². The third-order valence-electron chi connectivity index (χ3n) is 8.40. The highest BCUT2D eigenvalue weighted by molar-refractivity contribution is 6.12. The number of anilines is 1. The Hall–Kier alpha value is -4.23. The smallest absolute Gasteiger partial charge is 0.352 e. The number of methoxy groups -OCH3 is 2. The van der Waals surface area contributed by atoms with Crippen molar-refractivity contribution in [2.45, 2.75) is 51.5 Å². The van der Waals surface area contributed by atoms with Gasteiger partial charge in [-0.2, -0.15) is 4.99 Å². The van der Waals surface area contributed by atoms with E-state index in [0.717, 1.165) is 55.8 Å². The van der Waals surface area contributed by atoms with Crippen LogP contribution in [0.1, 0.15) is 62.6 Å². The Morgan fingerprint density at radius 1 is 1.02 bits per heavy atom. The lowest BCUT2D eigenvalue weighted by molar-refractivity contribution is -0.144. The first-order valence-electron chi connectivity index (χ1n) is 15.8. The minimum atomic E-state index is -1.34. The molecule has 47 heavy (non-hydrogen) atoms. The van der Waals surface area contributed by atoms with Gasteiger partial charge in [0.05, 0.1) is 25.5 Å². The van der Waals surface area contributed by atoms with Crippen LogP contribution in [0.25, 0.3) is 0 Å². The third kappa shape index (κ3) is 9.19. The Bertz CT molecular complexity index is 1480. The van der Waals surface area contributed by atoms with E-state index in [4.69, 9.17) is 9.47 Å². The normalized spacial score (nSPS) is 19.0. The molecule has 13 heteroatoms. The molecule has 1 saturated heterocycles. The second kappa shape index (κ2) is 16.6. The molecule has 2 heterocycles. The molecule has 2 atom stereocenters. The van der Waals surface area contributed by atoms with Crippen LogP contribution in [0.4, 0.5) is 24.1 Å². The predicted molar refractivity (Wildman–Crippen MR) is 172 cm³/mol. The lowest BCUT2D eigenvalue weighted by atomic mass is 9.86. The highest BCUT2D eigenvalue weighted by atomic mass is 19.2. The fraction of sp³-hybridized carbons (Fsp3) is 0.500. The van der Waals surface area contributed by atoms with Gasteiger partial charge in [0, 0.05) is 25.8 Å². The number of carbonyl (C=O) groups is 4. The van der Waals surface area contributed by atoms with Crippen molar-refractivity contribution in [3.8, 4) is 0 Å². The van der Waals surface area contributed by atoms with E-state index in [0.29, 0.717) is 25.3 Å². The Labute approximate surface area is 273 Å². The van der Waals surface area contributed by atoms with Crippen LogP contribution >= 0.6 is 0 Å². The first-order valence-corrected chi connectivity index (χ1v) is 15.8. The van der Waals surface area contributed by atoms with Gasteiger partial charge in [-0.1, -0.05) is 32.0 Å². The number of esters is 1. The highest BCUT2D eigenvalue weighted by Gasteiger charge is 2.47. The number of carbonyl (C=O) groups excluding carboxylic acids is 4. The summed E-state index contributed by atoms with van der Waals surface area (Å²) in [6.07, 6.45) is 2.96. The number of hydrogen-bond donors (Lipinski definition) is 2. The Morgan fingerprint density at radius 2 is 1.77 bits per heavy atom. The molecular weight excluding hydrogens is 612 g/mol. The highest BCUT2D eigenvalue weighted by Crippen LogP contribution is 2.36. The van der Waals surface area contributed by atoms with Crippen LogP contribution < -0.4 is 10.6 Å². The number of benzene rings is 2. The third-order valence-corrected chi connectivity index (χ3v) is 8.40. The number of amides is 5. The average Bonchev–Trinajstić information content (AvgIpc) is 3.04. The van der Waals surface area contributed by atoms with Crippen LogP contribution in [0.3, 0.4) is 0 Å². The van der Waals surface area contributed by atoms with E-state index in [1.807, 2.05) is 26.0 Å². The van der Waals surface area contributed by atoms with Gasteiger partial charge in [-0.3, -0.25) is 9.59 Å². The molecule has 2 aliphatic rings. The maximum Gasteiger partial charge on any atom is 0.352 e. The number of nitrogens with zero attached hydrogens (tertiary/aromatic N) is 3. The topological polar surface area (TPSA) is 130 Å². The van der Waals surface area contributed by atoms with Crippen LogP contribution in [-0.4, -0.2) is 86.5 Å². The molecule has 4 rings (SSSR count). The number of halogens is 2. The molecule has 2 aliphatic heterocycles. The molecule has 0 aliphatic carbocycles. The largest absolute Gasteiger partial charge is 0.468 e. The lowest BCUT2D eigenvalue weighted by Gasteiger charge is -2.37. The summed E-state index contributed by atoms with van der Waals surface area (Å²) in [5, 5.41) is 5.72. The molecule has 2 N–H and O–H groups in total. The number of piperidine rings is 1. The minimum absolute atomic E-state index is 0.00846. The molecule has 0 spiro atoms. The van der Waals surface area contributed by atoms with Crippen molar-refractivity contribution in [2.24, 2.45) is 16.8 Å². The zero-order chi connectivity index (χ0) is 34.1. The first-order chi connectivity index (χ1) is 22.5. The number of imide groups is 1. The summed E-state index contributed by atoms with van der Waals surface area (Å²) in [6.45, 7) is 6.47. The van der Waals surface area contributed by atoms with E-state index < -0.39 is 41.6 Å². The molecule has 0 radical (unpaired) electrons. The molecule has 0 saturated carbocycles. The van der Waals surface area contributed by atoms with Crippen LogP contribution in [0.15, 0.2) is 47.5 Å². The number of urea groups is 2. The quantitative estimate of drug-likeness (QED) is 0.235. The van der Waals surface area contributed by atoms with E-state index in [9.17, 15) is 28.0 Å². The summed E-state index contributed by atoms with van der Waals surface area (Å²) in [6, 6.07) is 7.83. The van der Waals surface area contributed by atoms with E-state index in [2.05, 4.69) is 32.7 Å². The molecule has 2 aromatic carbocycles. The molecule has 0 aromatic heterocycles. The Balaban J connectivity index is 1.34. The van der Waals surface area contributed by atoms with Gasteiger partial charge in [-0.25, -0.2) is 23.3 Å². The number of ether oxygens (including phenoxy) is 2. The molecule has 2 aromatic rings. The number of aliphatic imine (C=N–C) groups is 1. The van der Waals surface area contributed by atoms with E-state index in [1.165, 1.54) is 18.7 Å². The summed E-state index contributed by atoms with van der Waals surface area (Å²) in [5.41, 5.74) is 2.04. The monoisotopic (exact) mass is 655 g/mol. The molecule has 1 unspecified atom stereocenters. The van der Waals surface area contributed by atoms with Gasteiger partial charge < -0.3 is 25.0 Å². The maximum absolute atomic E-state index is 14.3. The van der Waals surface area contributed by atoms with Crippen LogP contribution in [0.2, 0.25) is 0 Å². The predicted octanol–water partition coefficient (Wildman–Crippen LogP) is 5.28. The number of likely N-dealkylation sites (tertiary alicyclic amines) is 1. The molecule has 1 fully saturated rings. The Morgan fingerprint density at radius 3 is 2.43 bits per heavy atom. The van der Waals surface area contributed by atoms with Crippen molar-refractivity contribution < 1.29 is 37.4 Å². The summed E-state index contributed by atoms with van der Waals surface area (Å²) in [5.74, 6) is -3.74.